The van der Waals surface area contributed by atoms with Gasteiger partial charge in [0.25, 0.3) is 0 Å². The van der Waals surface area contributed by atoms with E-state index >= 15 is 0 Å². The lowest BCUT2D eigenvalue weighted by atomic mass is 10.0. The molecule has 1 aromatic carbocycles. The summed E-state index contributed by atoms with van der Waals surface area (Å²) < 4.78 is 28.5. The highest BCUT2D eigenvalue weighted by Gasteiger charge is 2.23. The molecule has 6 heteroatoms. The van der Waals surface area contributed by atoms with Crippen LogP contribution in [0.2, 0.25) is 5.02 Å². The van der Waals surface area contributed by atoms with E-state index in [9.17, 15) is 8.78 Å². The van der Waals surface area contributed by atoms with Gasteiger partial charge in [0.05, 0.1) is 23.0 Å². The van der Waals surface area contributed by atoms with Gasteiger partial charge in [-0.15, -0.1) is 0 Å². The molecule has 1 aromatic heterocycles. The predicted octanol–water partition coefficient (Wildman–Crippen LogP) is 2.40. The summed E-state index contributed by atoms with van der Waals surface area (Å²) in [6.45, 7) is 0. The lowest BCUT2D eigenvalue weighted by Crippen LogP contribution is -2.19. The van der Waals surface area contributed by atoms with Crippen molar-refractivity contribution >= 4 is 11.6 Å². The standard InChI is InChI=1S/C11H10ClF2N3/c1-17-11(6(12)5-16-17)10(15)9-7(13)3-2-4-8(9)14/h2-5,10H,15H2,1H3. The van der Waals surface area contributed by atoms with Gasteiger partial charge in [-0.05, 0) is 12.1 Å². The van der Waals surface area contributed by atoms with Crippen LogP contribution in [0.1, 0.15) is 17.3 Å². The van der Waals surface area contributed by atoms with Crippen molar-refractivity contribution in [2.24, 2.45) is 12.8 Å². The molecule has 0 aliphatic rings. The molecule has 1 heterocycles. The van der Waals surface area contributed by atoms with Crippen molar-refractivity contribution in [1.82, 2.24) is 9.78 Å². The molecule has 1 atom stereocenters. The van der Waals surface area contributed by atoms with Crippen molar-refractivity contribution in [3.05, 3.63) is 52.3 Å². The highest BCUT2D eigenvalue weighted by molar-refractivity contribution is 6.31. The van der Waals surface area contributed by atoms with Crippen molar-refractivity contribution in [3.63, 3.8) is 0 Å². The summed E-state index contributed by atoms with van der Waals surface area (Å²) >= 11 is 5.89. The van der Waals surface area contributed by atoms with Crippen LogP contribution in [0, 0.1) is 11.6 Å². The molecule has 0 radical (unpaired) electrons. The second-order valence-electron chi connectivity index (χ2n) is 3.61. The third-order valence-corrected chi connectivity index (χ3v) is 2.83. The first-order valence-corrected chi connectivity index (χ1v) is 5.27. The fourth-order valence-electron chi connectivity index (χ4n) is 1.71. The normalized spacial score (nSPS) is 12.8. The second kappa shape index (κ2) is 4.43. The van der Waals surface area contributed by atoms with Crippen LogP contribution >= 0.6 is 11.6 Å². The highest BCUT2D eigenvalue weighted by Crippen LogP contribution is 2.28. The monoisotopic (exact) mass is 257 g/mol. The molecule has 0 amide bonds. The van der Waals surface area contributed by atoms with E-state index in [1.54, 1.807) is 7.05 Å². The molecule has 0 bridgehead atoms. The van der Waals surface area contributed by atoms with E-state index in [4.69, 9.17) is 17.3 Å². The van der Waals surface area contributed by atoms with Crippen LogP contribution < -0.4 is 5.73 Å². The van der Waals surface area contributed by atoms with Crippen molar-refractivity contribution in [1.29, 1.82) is 0 Å². The molecular formula is C11H10ClF2N3. The topological polar surface area (TPSA) is 43.8 Å². The molecule has 17 heavy (non-hydrogen) atoms. The number of hydrogen-bond donors (Lipinski definition) is 1. The van der Waals surface area contributed by atoms with Crippen LogP contribution in [0.5, 0.6) is 0 Å². The van der Waals surface area contributed by atoms with Crippen LogP contribution in [0.4, 0.5) is 8.78 Å². The SMILES string of the molecule is Cn1ncc(Cl)c1C(N)c1c(F)cccc1F. The Morgan fingerprint density at radius 2 is 1.94 bits per heavy atom. The van der Waals surface area contributed by atoms with Gasteiger partial charge >= 0.3 is 0 Å². The number of hydrogen-bond acceptors (Lipinski definition) is 2. The molecule has 3 nitrogen and oxygen atoms in total. The number of halogens is 3. The van der Waals surface area contributed by atoms with Gasteiger partial charge in [0.1, 0.15) is 11.6 Å². The number of aryl methyl sites for hydroxylation is 1. The van der Waals surface area contributed by atoms with E-state index in [2.05, 4.69) is 5.10 Å². The average molecular weight is 258 g/mol. The maximum Gasteiger partial charge on any atom is 0.131 e. The predicted molar refractivity (Wildman–Crippen MR) is 60.6 cm³/mol. The quantitative estimate of drug-likeness (QED) is 0.898. The third-order valence-electron chi connectivity index (χ3n) is 2.54. The van der Waals surface area contributed by atoms with E-state index in [-0.39, 0.29) is 10.6 Å². The van der Waals surface area contributed by atoms with Gasteiger partial charge in [-0.2, -0.15) is 5.10 Å². The van der Waals surface area contributed by atoms with Crippen LogP contribution in [0.3, 0.4) is 0 Å². The fourth-order valence-corrected chi connectivity index (χ4v) is 2.00. The summed E-state index contributed by atoms with van der Waals surface area (Å²) in [5.41, 5.74) is 6.00. The van der Waals surface area contributed by atoms with Crippen molar-refractivity contribution < 1.29 is 8.78 Å². The Bertz CT molecular complexity index is 514. The second-order valence-corrected chi connectivity index (χ2v) is 4.02. The van der Waals surface area contributed by atoms with Crippen molar-refractivity contribution in [2.75, 3.05) is 0 Å². The first kappa shape index (κ1) is 12.0. The van der Waals surface area contributed by atoms with Gasteiger partial charge in [0.15, 0.2) is 0 Å². The van der Waals surface area contributed by atoms with Crippen LogP contribution in [-0.4, -0.2) is 9.78 Å². The Labute approximate surface area is 102 Å². The maximum absolute atomic E-state index is 13.6. The number of rotatable bonds is 2. The summed E-state index contributed by atoms with van der Waals surface area (Å²) in [7, 11) is 1.61. The molecule has 0 spiro atoms. The van der Waals surface area contributed by atoms with Gasteiger partial charge in [-0.1, -0.05) is 17.7 Å². The summed E-state index contributed by atoms with van der Waals surface area (Å²) in [5.74, 6) is -1.40. The molecule has 0 fully saturated rings. The zero-order chi connectivity index (χ0) is 12.6. The summed E-state index contributed by atoms with van der Waals surface area (Å²) in [6.07, 6.45) is 1.38. The molecule has 90 valence electrons. The average Bonchev–Trinajstić information content (AvgIpc) is 2.58. The first-order chi connectivity index (χ1) is 8.02. The van der Waals surface area contributed by atoms with Gasteiger partial charge in [-0.25, -0.2) is 8.78 Å². The van der Waals surface area contributed by atoms with E-state index in [1.165, 1.54) is 16.9 Å². The minimum absolute atomic E-state index is 0.210. The van der Waals surface area contributed by atoms with E-state index in [1.807, 2.05) is 0 Å². The number of nitrogens with two attached hydrogens (primary N) is 1. The molecule has 0 aliphatic heterocycles. The van der Waals surface area contributed by atoms with Crippen molar-refractivity contribution in [3.8, 4) is 0 Å². The van der Waals surface area contributed by atoms with E-state index < -0.39 is 17.7 Å². The maximum atomic E-state index is 13.6. The largest absolute Gasteiger partial charge is 0.319 e. The Morgan fingerprint density at radius 3 is 2.41 bits per heavy atom. The molecule has 1 unspecified atom stereocenters. The molecule has 0 aliphatic carbocycles. The van der Waals surface area contributed by atoms with Crippen LogP contribution in [0.15, 0.2) is 24.4 Å². The number of aromatic nitrogens is 2. The van der Waals surface area contributed by atoms with Gasteiger partial charge < -0.3 is 5.73 Å². The van der Waals surface area contributed by atoms with Crippen LogP contribution in [0.25, 0.3) is 0 Å². The summed E-state index contributed by atoms with van der Waals surface area (Å²) in [5, 5.41) is 4.16. The van der Waals surface area contributed by atoms with Gasteiger partial charge in [0.2, 0.25) is 0 Å². The van der Waals surface area contributed by atoms with Gasteiger partial charge in [-0.3, -0.25) is 4.68 Å². The Hall–Kier alpha value is -1.46. The molecule has 0 saturated heterocycles. The molecular weight excluding hydrogens is 248 g/mol. The minimum Gasteiger partial charge on any atom is -0.319 e. The van der Waals surface area contributed by atoms with Crippen molar-refractivity contribution in [2.45, 2.75) is 6.04 Å². The van der Waals surface area contributed by atoms with Gasteiger partial charge in [0, 0.05) is 12.6 Å². The van der Waals surface area contributed by atoms with Crippen LogP contribution in [-0.2, 0) is 7.05 Å². The molecule has 0 saturated carbocycles. The minimum atomic E-state index is -0.990. The lowest BCUT2D eigenvalue weighted by Gasteiger charge is -2.14. The summed E-state index contributed by atoms with van der Waals surface area (Å²) in [6, 6.07) is 2.60. The molecule has 2 aromatic rings. The van der Waals surface area contributed by atoms with E-state index in [0.717, 1.165) is 12.1 Å². The Balaban J connectivity index is 2.55. The Morgan fingerprint density at radius 1 is 1.35 bits per heavy atom. The lowest BCUT2D eigenvalue weighted by molar-refractivity contribution is 0.533. The zero-order valence-corrected chi connectivity index (χ0v) is 9.75. The fraction of sp³-hybridized carbons (Fsp3) is 0.182. The smallest absolute Gasteiger partial charge is 0.131 e. The highest BCUT2D eigenvalue weighted by atomic mass is 35.5. The van der Waals surface area contributed by atoms with E-state index in [0.29, 0.717) is 5.69 Å². The molecule has 2 N–H and O–H groups in total. The number of benzene rings is 1. The summed E-state index contributed by atoms with van der Waals surface area (Å²) in [4.78, 5) is 0. The molecule has 2 rings (SSSR count). The Kier molecular flexibility index (Phi) is 3.13. The zero-order valence-electron chi connectivity index (χ0n) is 8.99. The number of nitrogens with zero attached hydrogens (tertiary/aromatic N) is 2. The first-order valence-electron chi connectivity index (χ1n) is 4.89. The third kappa shape index (κ3) is 2.03.